The number of esters is 1. The number of alkyl halides is 3. The minimum absolute atomic E-state index is 0.0564. The molecular weight excluding hydrogens is 421 g/mol. The van der Waals surface area contributed by atoms with Gasteiger partial charge in [-0.05, 0) is 6.92 Å². The summed E-state index contributed by atoms with van der Waals surface area (Å²) in [5.41, 5.74) is 1.57. The van der Waals surface area contributed by atoms with Gasteiger partial charge in [0.1, 0.15) is 13.7 Å². The molecule has 0 aliphatic heterocycles. The number of benzene rings is 1. The number of carbonyl (C=O) groups excluding carboxylic acids is 1. The first-order chi connectivity index (χ1) is 14.7. The van der Waals surface area contributed by atoms with Crippen molar-refractivity contribution in [3.63, 3.8) is 0 Å². The van der Waals surface area contributed by atoms with E-state index >= 15 is 0 Å². The minimum Gasteiger partial charge on any atom is -0.468 e. The number of nitrogens with zero attached hydrogens (tertiary/aromatic N) is 4. The van der Waals surface area contributed by atoms with Gasteiger partial charge in [0.25, 0.3) is 0 Å². The van der Waals surface area contributed by atoms with Gasteiger partial charge in [-0.3, -0.25) is 0 Å². The van der Waals surface area contributed by atoms with Crippen LogP contribution in [0.1, 0.15) is 22.4 Å². The Hall–Kier alpha value is -3.57. The fourth-order valence-electron chi connectivity index (χ4n) is 2.58. The van der Waals surface area contributed by atoms with E-state index in [0.717, 1.165) is 0 Å². The zero-order valence-corrected chi connectivity index (χ0v) is 17.3. The molecule has 9 nitrogen and oxygen atoms in total. The van der Waals surface area contributed by atoms with Crippen molar-refractivity contribution in [3.05, 3.63) is 46.6 Å². The average Bonchev–Trinajstić information content (AvgIpc) is 2.99. The molecule has 31 heavy (non-hydrogen) atoms. The lowest BCUT2D eigenvalue weighted by Crippen LogP contribution is -2.20. The predicted octanol–water partition coefficient (Wildman–Crippen LogP) is 2.74. The highest BCUT2D eigenvalue weighted by molar-refractivity contribution is 6.43. The van der Waals surface area contributed by atoms with Gasteiger partial charge in [0.05, 0.1) is 24.6 Å². The Kier molecular flexibility index (Phi) is 8.00. The number of hydrogen-bond acceptors (Lipinski definition) is 8. The van der Waals surface area contributed by atoms with Crippen LogP contribution in [-0.2, 0) is 32.9 Å². The van der Waals surface area contributed by atoms with Crippen molar-refractivity contribution in [1.82, 2.24) is 9.78 Å². The largest absolute Gasteiger partial charge is 0.468 e. The lowest BCUT2D eigenvalue weighted by molar-refractivity contribution is -0.154. The van der Waals surface area contributed by atoms with E-state index in [1.807, 2.05) is 0 Å². The van der Waals surface area contributed by atoms with E-state index in [1.54, 1.807) is 31.2 Å². The summed E-state index contributed by atoms with van der Waals surface area (Å²) in [5, 5.41) is 11.5. The fraction of sp³-hybridized carbons (Fsp3) is 0.368. The Morgan fingerprint density at radius 3 is 2.61 bits per heavy atom. The molecule has 0 N–H and O–H groups in total. The predicted molar refractivity (Wildman–Crippen MR) is 104 cm³/mol. The maximum Gasteiger partial charge on any atom is 0.422 e. The van der Waals surface area contributed by atoms with Crippen LogP contribution in [0.15, 0.2) is 34.6 Å². The zero-order chi connectivity index (χ0) is 23.0. The average molecular weight is 442 g/mol. The Morgan fingerprint density at radius 1 is 1.26 bits per heavy atom. The van der Waals surface area contributed by atoms with E-state index < -0.39 is 18.8 Å². The first kappa shape index (κ1) is 23.7. The smallest absolute Gasteiger partial charge is 0.422 e. The SMILES string of the molecule is CO/N=C(/C(=O)OC)c1ccccc1CO/N=C/c1c(C)nn(C)c1OCC(F)(F)F. The molecule has 0 spiro atoms. The third-order valence-corrected chi connectivity index (χ3v) is 3.90. The second-order valence-corrected chi connectivity index (χ2v) is 6.11. The summed E-state index contributed by atoms with van der Waals surface area (Å²) >= 11 is 0. The topological polar surface area (TPSA) is 96.5 Å². The van der Waals surface area contributed by atoms with Crippen LogP contribution in [-0.4, -0.2) is 54.7 Å². The first-order valence-corrected chi connectivity index (χ1v) is 8.84. The van der Waals surface area contributed by atoms with Crippen LogP contribution in [0.4, 0.5) is 13.2 Å². The molecule has 168 valence electrons. The van der Waals surface area contributed by atoms with Gasteiger partial charge in [-0.25, -0.2) is 9.48 Å². The first-order valence-electron chi connectivity index (χ1n) is 8.84. The van der Waals surface area contributed by atoms with E-state index in [-0.39, 0.29) is 23.8 Å². The quantitative estimate of drug-likeness (QED) is 0.337. The molecule has 0 radical (unpaired) electrons. The molecule has 1 aromatic carbocycles. The molecule has 0 saturated carbocycles. The highest BCUT2D eigenvalue weighted by Crippen LogP contribution is 2.23. The molecule has 2 aromatic rings. The molecular formula is C19H21F3N4O5. The van der Waals surface area contributed by atoms with Gasteiger partial charge in [-0.15, -0.1) is 0 Å². The molecule has 12 heteroatoms. The van der Waals surface area contributed by atoms with Crippen molar-refractivity contribution in [1.29, 1.82) is 0 Å². The summed E-state index contributed by atoms with van der Waals surface area (Å²) in [6, 6.07) is 6.74. The van der Waals surface area contributed by atoms with E-state index in [0.29, 0.717) is 16.8 Å². The number of methoxy groups -OCH3 is 1. The molecule has 0 aliphatic rings. The summed E-state index contributed by atoms with van der Waals surface area (Å²) < 4.78 is 48.2. The van der Waals surface area contributed by atoms with Gasteiger partial charge in [-0.2, -0.15) is 18.3 Å². The molecule has 1 aromatic heterocycles. The van der Waals surface area contributed by atoms with Crippen molar-refractivity contribution in [2.75, 3.05) is 20.8 Å². The van der Waals surface area contributed by atoms with Crippen LogP contribution in [0.25, 0.3) is 0 Å². The van der Waals surface area contributed by atoms with E-state index in [4.69, 9.17) is 19.1 Å². The number of aryl methyl sites for hydroxylation is 2. The zero-order valence-electron chi connectivity index (χ0n) is 17.3. The van der Waals surface area contributed by atoms with Crippen molar-refractivity contribution in [2.45, 2.75) is 19.7 Å². The summed E-state index contributed by atoms with van der Waals surface area (Å²) in [6.45, 7) is 0.0710. The van der Waals surface area contributed by atoms with E-state index in [1.165, 1.54) is 32.2 Å². The highest BCUT2D eigenvalue weighted by Gasteiger charge is 2.30. The molecule has 0 aliphatic carbocycles. The van der Waals surface area contributed by atoms with E-state index in [9.17, 15) is 18.0 Å². The molecule has 0 fully saturated rings. The van der Waals surface area contributed by atoms with Crippen molar-refractivity contribution >= 4 is 17.9 Å². The van der Waals surface area contributed by atoms with Crippen LogP contribution in [0.3, 0.4) is 0 Å². The van der Waals surface area contributed by atoms with Gasteiger partial charge in [-0.1, -0.05) is 34.6 Å². The summed E-state index contributed by atoms with van der Waals surface area (Å²) in [5.74, 6) is -0.793. The van der Waals surface area contributed by atoms with Crippen LogP contribution < -0.4 is 4.74 Å². The van der Waals surface area contributed by atoms with Gasteiger partial charge in [0, 0.05) is 18.2 Å². The summed E-state index contributed by atoms with van der Waals surface area (Å²) in [4.78, 5) is 22.0. The highest BCUT2D eigenvalue weighted by atomic mass is 19.4. The molecule has 0 bridgehead atoms. The Balaban J connectivity index is 2.17. The lowest BCUT2D eigenvalue weighted by Gasteiger charge is -2.10. The molecule has 0 atom stereocenters. The molecule has 1 heterocycles. The second kappa shape index (κ2) is 10.5. The number of rotatable bonds is 9. The standard InChI is InChI=1S/C19H21F3N4O5/c1-12-15(17(26(2)24-12)30-11-19(20,21)22)9-23-31-10-13-7-5-6-8-14(13)16(25-29-4)18(27)28-3/h5-9H,10-11H2,1-4H3/b23-9+,25-16+. The number of ether oxygens (including phenoxy) is 2. The lowest BCUT2D eigenvalue weighted by atomic mass is 10.0. The molecule has 0 amide bonds. The van der Waals surface area contributed by atoms with Gasteiger partial charge in [0.2, 0.25) is 5.88 Å². The summed E-state index contributed by atoms with van der Waals surface area (Å²) in [6.07, 6.45) is -3.28. The van der Waals surface area contributed by atoms with Crippen LogP contribution in [0, 0.1) is 6.92 Å². The monoisotopic (exact) mass is 442 g/mol. The van der Waals surface area contributed by atoms with Crippen molar-refractivity contribution in [2.24, 2.45) is 17.4 Å². The normalized spacial score (nSPS) is 12.2. The molecule has 0 unspecified atom stereocenters. The van der Waals surface area contributed by atoms with Crippen LogP contribution in [0.2, 0.25) is 0 Å². The fourth-order valence-corrected chi connectivity index (χ4v) is 2.58. The number of aromatic nitrogens is 2. The van der Waals surface area contributed by atoms with Crippen molar-refractivity contribution < 1.29 is 37.1 Å². The Morgan fingerprint density at radius 2 is 1.97 bits per heavy atom. The molecule has 0 saturated heterocycles. The number of hydrogen-bond donors (Lipinski definition) is 0. The number of oxime groups is 2. The minimum atomic E-state index is -4.49. The Bertz CT molecular complexity index is 970. The third kappa shape index (κ3) is 6.46. The number of carbonyl (C=O) groups is 1. The van der Waals surface area contributed by atoms with Gasteiger partial charge < -0.3 is 19.1 Å². The van der Waals surface area contributed by atoms with Crippen molar-refractivity contribution in [3.8, 4) is 5.88 Å². The van der Waals surface area contributed by atoms with Crippen LogP contribution in [0.5, 0.6) is 5.88 Å². The van der Waals surface area contributed by atoms with Gasteiger partial charge in [0.15, 0.2) is 12.3 Å². The maximum absolute atomic E-state index is 12.5. The third-order valence-electron chi connectivity index (χ3n) is 3.90. The summed E-state index contributed by atoms with van der Waals surface area (Å²) in [7, 11) is 3.96. The van der Waals surface area contributed by atoms with Gasteiger partial charge >= 0.3 is 12.1 Å². The van der Waals surface area contributed by atoms with E-state index in [2.05, 4.69) is 15.4 Å². The maximum atomic E-state index is 12.5. The second-order valence-electron chi connectivity index (χ2n) is 6.11. The Labute approximate surface area is 176 Å². The van der Waals surface area contributed by atoms with Crippen LogP contribution >= 0.6 is 0 Å². The molecule has 2 rings (SSSR count). The number of halogens is 3.